The van der Waals surface area contributed by atoms with Gasteiger partial charge in [-0.3, -0.25) is 14.9 Å². The Bertz CT molecular complexity index is 760. The van der Waals surface area contributed by atoms with Gasteiger partial charge in [0.1, 0.15) is 5.75 Å². The van der Waals surface area contributed by atoms with Crippen molar-refractivity contribution >= 4 is 33.7 Å². The maximum Gasteiger partial charge on any atom is 0.284 e. The van der Waals surface area contributed by atoms with Gasteiger partial charge in [0.05, 0.1) is 22.7 Å². The molecule has 0 aliphatic rings. The van der Waals surface area contributed by atoms with Crippen LogP contribution in [-0.4, -0.2) is 24.2 Å². The molecule has 0 atom stereocenters. The van der Waals surface area contributed by atoms with Crippen LogP contribution in [0.25, 0.3) is 0 Å². The number of carbonyl (C=O) groups excluding carboxylic acids is 1. The molecule has 0 aromatic heterocycles. The normalized spacial score (nSPS) is 10.5. The number of rotatable bonds is 5. The number of nitro groups is 1. The summed E-state index contributed by atoms with van der Waals surface area (Å²) in [6.45, 7) is 0. The fourth-order valence-corrected chi connectivity index (χ4v) is 2.11. The second-order valence-electron chi connectivity index (χ2n) is 4.40. The molecule has 0 fully saturated rings. The van der Waals surface area contributed by atoms with Gasteiger partial charge in [0.15, 0.2) is 0 Å². The standard InChI is InChI=1S/C15H12BrN3O4/c1-23-12-5-3-11(4-6-12)15(20)18-17-9-10-2-7-13(16)14(8-10)19(21)22/h2-9H,1H3,(H,18,20)/b17-9-. The fourth-order valence-electron chi connectivity index (χ4n) is 1.72. The largest absolute Gasteiger partial charge is 0.497 e. The van der Waals surface area contributed by atoms with E-state index in [0.29, 0.717) is 21.3 Å². The van der Waals surface area contributed by atoms with Gasteiger partial charge in [-0.05, 0) is 46.3 Å². The Kier molecular flexibility index (Phi) is 5.42. The molecule has 1 N–H and O–H groups in total. The van der Waals surface area contributed by atoms with Crippen molar-refractivity contribution in [2.75, 3.05) is 7.11 Å². The fraction of sp³-hybridized carbons (Fsp3) is 0.0667. The zero-order valence-electron chi connectivity index (χ0n) is 12.0. The van der Waals surface area contributed by atoms with E-state index in [1.54, 1.807) is 36.4 Å². The highest BCUT2D eigenvalue weighted by Gasteiger charge is 2.11. The average molecular weight is 378 g/mol. The second-order valence-corrected chi connectivity index (χ2v) is 5.25. The quantitative estimate of drug-likeness (QED) is 0.491. The van der Waals surface area contributed by atoms with Crippen molar-refractivity contribution in [2.45, 2.75) is 0 Å². The van der Waals surface area contributed by atoms with Crippen LogP contribution in [0.3, 0.4) is 0 Å². The molecule has 23 heavy (non-hydrogen) atoms. The lowest BCUT2D eigenvalue weighted by atomic mass is 10.2. The summed E-state index contributed by atoms with van der Waals surface area (Å²) in [4.78, 5) is 22.2. The smallest absolute Gasteiger partial charge is 0.284 e. The summed E-state index contributed by atoms with van der Waals surface area (Å²) < 4.78 is 5.38. The Morgan fingerprint density at radius 3 is 2.61 bits per heavy atom. The van der Waals surface area contributed by atoms with Gasteiger partial charge in [0, 0.05) is 17.2 Å². The Morgan fingerprint density at radius 1 is 1.30 bits per heavy atom. The van der Waals surface area contributed by atoms with Gasteiger partial charge in [0.25, 0.3) is 11.6 Å². The lowest BCUT2D eigenvalue weighted by Gasteiger charge is -2.02. The number of amides is 1. The van der Waals surface area contributed by atoms with E-state index < -0.39 is 10.8 Å². The number of benzene rings is 2. The van der Waals surface area contributed by atoms with E-state index in [9.17, 15) is 14.9 Å². The van der Waals surface area contributed by atoms with E-state index in [-0.39, 0.29) is 5.69 Å². The van der Waals surface area contributed by atoms with E-state index in [1.807, 2.05) is 0 Å². The maximum atomic E-state index is 11.9. The van der Waals surface area contributed by atoms with Crippen molar-refractivity contribution in [1.29, 1.82) is 0 Å². The summed E-state index contributed by atoms with van der Waals surface area (Å²) in [5.74, 6) is 0.253. The number of hydrogen-bond donors (Lipinski definition) is 1. The first-order valence-electron chi connectivity index (χ1n) is 6.42. The summed E-state index contributed by atoms with van der Waals surface area (Å²) in [6, 6.07) is 11.1. The predicted molar refractivity (Wildman–Crippen MR) is 88.9 cm³/mol. The van der Waals surface area contributed by atoms with Crippen molar-refractivity contribution in [2.24, 2.45) is 5.10 Å². The number of nitrogens with zero attached hydrogens (tertiary/aromatic N) is 2. The topological polar surface area (TPSA) is 93.8 Å². The van der Waals surface area contributed by atoms with Gasteiger partial charge in [-0.25, -0.2) is 5.43 Å². The minimum Gasteiger partial charge on any atom is -0.497 e. The van der Waals surface area contributed by atoms with Crippen molar-refractivity contribution in [3.8, 4) is 5.75 Å². The van der Waals surface area contributed by atoms with Crippen molar-refractivity contribution in [3.05, 3.63) is 68.2 Å². The molecule has 118 valence electrons. The van der Waals surface area contributed by atoms with E-state index in [2.05, 4.69) is 26.5 Å². The molecule has 0 bridgehead atoms. The highest BCUT2D eigenvalue weighted by Crippen LogP contribution is 2.24. The first-order valence-corrected chi connectivity index (χ1v) is 7.22. The zero-order valence-corrected chi connectivity index (χ0v) is 13.6. The van der Waals surface area contributed by atoms with Gasteiger partial charge in [-0.2, -0.15) is 5.10 Å². The molecule has 2 rings (SSSR count). The van der Waals surface area contributed by atoms with Crippen LogP contribution in [0.1, 0.15) is 15.9 Å². The molecule has 0 spiro atoms. The van der Waals surface area contributed by atoms with Crippen molar-refractivity contribution in [3.63, 3.8) is 0 Å². The number of ether oxygens (including phenoxy) is 1. The number of methoxy groups -OCH3 is 1. The molecule has 2 aromatic rings. The van der Waals surface area contributed by atoms with Crippen molar-refractivity contribution in [1.82, 2.24) is 5.43 Å². The average Bonchev–Trinajstić information content (AvgIpc) is 2.56. The molecule has 1 amide bonds. The minimum atomic E-state index is -0.503. The maximum absolute atomic E-state index is 11.9. The summed E-state index contributed by atoms with van der Waals surface area (Å²) in [6.07, 6.45) is 1.33. The highest BCUT2D eigenvalue weighted by atomic mass is 79.9. The van der Waals surface area contributed by atoms with E-state index >= 15 is 0 Å². The van der Waals surface area contributed by atoms with Crippen LogP contribution in [0.2, 0.25) is 0 Å². The number of halogens is 1. The molecular formula is C15H12BrN3O4. The summed E-state index contributed by atoms with van der Waals surface area (Å²) in [5.41, 5.74) is 3.20. The lowest BCUT2D eigenvalue weighted by Crippen LogP contribution is -2.17. The molecule has 7 nitrogen and oxygen atoms in total. The van der Waals surface area contributed by atoms with Crippen LogP contribution in [0, 0.1) is 10.1 Å². The molecule has 0 aliphatic carbocycles. The molecule has 2 aromatic carbocycles. The van der Waals surface area contributed by atoms with Crippen molar-refractivity contribution < 1.29 is 14.5 Å². The van der Waals surface area contributed by atoms with Crippen LogP contribution in [0.5, 0.6) is 5.75 Å². The zero-order chi connectivity index (χ0) is 16.8. The molecule has 0 radical (unpaired) electrons. The predicted octanol–water partition coefficient (Wildman–Crippen LogP) is 3.13. The Labute approximate surface area is 140 Å². The number of nitro benzene ring substituents is 1. The van der Waals surface area contributed by atoms with Crippen LogP contribution in [-0.2, 0) is 0 Å². The number of carbonyl (C=O) groups is 1. The Balaban J connectivity index is 2.04. The summed E-state index contributed by atoms with van der Waals surface area (Å²) >= 11 is 3.10. The van der Waals surface area contributed by atoms with Gasteiger partial charge >= 0.3 is 0 Å². The van der Waals surface area contributed by atoms with Crippen LogP contribution < -0.4 is 10.2 Å². The third-order valence-electron chi connectivity index (χ3n) is 2.90. The van der Waals surface area contributed by atoms with Gasteiger partial charge in [0.2, 0.25) is 0 Å². The van der Waals surface area contributed by atoms with Crippen LogP contribution in [0.15, 0.2) is 52.0 Å². The van der Waals surface area contributed by atoms with E-state index in [1.165, 1.54) is 19.4 Å². The number of hydrazone groups is 1. The van der Waals surface area contributed by atoms with Crippen LogP contribution >= 0.6 is 15.9 Å². The van der Waals surface area contributed by atoms with Crippen LogP contribution in [0.4, 0.5) is 5.69 Å². The molecule has 0 aliphatic heterocycles. The molecule has 8 heteroatoms. The second kappa shape index (κ2) is 7.50. The molecule has 0 heterocycles. The SMILES string of the molecule is COc1ccc(C(=O)N/N=C\c2ccc(Br)c([N+](=O)[O-])c2)cc1. The molecule has 0 unspecified atom stereocenters. The third-order valence-corrected chi connectivity index (χ3v) is 3.57. The number of nitrogens with one attached hydrogen (secondary N) is 1. The minimum absolute atomic E-state index is 0.0737. The van der Waals surface area contributed by atoms with Gasteiger partial charge in [-0.1, -0.05) is 6.07 Å². The number of hydrogen-bond acceptors (Lipinski definition) is 5. The Morgan fingerprint density at radius 2 is 2.00 bits per heavy atom. The first-order chi connectivity index (χ1) is 11.0. The monoisotopic (exact) mass is 377 g/mol. The third kappa shape index (κ3) is 4.36. The summed E-state index contributed by atoms with van der Waals surface area (Å²) in [7, 11) is 1.54. The van der Waals surface area contributed by atoms with E-state index in [0.717, 1.165) is 0 Å². The van der Waals surface area contributed by atoms with E-state index in [4.69, 9.17) is 4.74 Å². The summed E-state index contributed by atoms with van der Waals surface area (Å²) in [5, 5.41) is 14.6. The van der Waals surface area contributed by atoms with Gasteiger partial charge < -0.3 is 4.74 Å². The first kappa shape index (κ1) is 16.6. The lowest BCUT2D eigenvalue weighted by molar-refractivity contribution is -0.385. The van der Waals surface area contributed by atoms with Gasteiger partial charge in [-0.15, -0.1) is 0 Å². The molecule has 0 saturated heterocycles. The molecular weight excluding hydrogens is 366 g/mol. The Hall–Kier alpha value is -2.74. The molecule has 0 saturated carbocycles. The highest BCUT2D eigenvalue weighted by molar-refractivity contribution is 9.10.